The number of hydrogen-bond acceptors (Lipinski definition) is 2. The van der Waals surface area contributed by atoms with E-state index in [2.05, 4.69) is 43.1 Å². The number of piperidine rings is 1. The number of anilines is 1. The van der Waals surface area contributed by atoms with E-state index in [0.29, 0.717) is 6.04 Å². The van der Waals surface area contributed by atoms with Crippen LogP contribution in [-0.4, -0.2) is 18.1 Å². The van der Waals surface area contributed by atoms with Crippen molar-refractivity contribution in [1.82, 2.24) is 5.32 Å². The Hall–Kier alpha value is -0.730. The molecule has 0 radical (unpaired) electrons. The van der Waals surface area contributed by atoms with E-state index in [4.69, 9.17) is 11.6 Å². The van der Waals surface area contributed by atoms with Gasteiger partial charge in [-0.25, -0.2) is 0 Å². The van der Waals surface area contributed by atoms with Crippen LogP contribution in [0, 0.1) is 5.92 Å². The maximum Gasteiger partial charge on any atom is 0.0643 e. The van der Waals surface area contributed by atoms with Gasteiger partial charge in [0.25, 0.3) is 0 Å². The number of halogens is 1. The zero-order valence-electron chi connectivity index (χ0n) is 12.7. The molecule has 2 fully saturated rings. The van der Waals surface area contributed by atoms with Crippen molar-refractivity contribution in [2.24, 2.45) is 5.92 Å². The van der Waals surface area contributed by atoms with Gasteiger partial charge in [0.1, 0.15) is 0 Å². The van der Waals surface area contributed by atoms with Crippen molar-refractivity contribution in [2.75, 3.05) is 11.4 Å². The van der Waals surface area contributed by atoms with Crippen molar-refractivity contribution in [3.8, 4) is 0 Å². The summed E-state index contributed by atoms with van der Waals surface area (Å²) in [5.74, 6) is 0.889. The molecule has 1 saturated heterocycles. The fourth-order valence-corrected chi connectivity index (χ4v) is 3.89. The SMILES string of the molecule is CC(C)(C)NCc1cccc(Cl)c1N1CC2CCC1C2. The first kappa shape index (κ1) is 14.2. The number of nitrogens with zero attached hydrogens (tertiary/aromatic N) is 1. The van der Waals surface area contributed by atoms with Gasteiger partial charge in [0.2, 0.25) is 0 Å². The first-order valence-electron chi connectivity index (χ1n) is 7.73. The van der Waals surface area contributed by atoms with Gasteiger partial charge in [-0.15, -0.1) is 0 Å². The number of benzene rings is 1. The molecule has 1 aliphatic heterocycles. The number of fused-ring (bicyclic) bond motifs is 2. The van der Waals surface area contributed by atoms with Gasteiger partial charge in [0.15, 0.2) is 0 Å². The second-order valence-corrected chi connectivity index (χ2v) is 7.74. The molecular formula is C17H25ClN2. The van der Waals surface area contributed by atoms with Gasteiger partial charge in [-0.2, -0.15) is 0 Å². The van der Waals surface area contributed by atoms with E-state index >= 15 is 0 Å². The molecule has 3 rings (SSSR count). The van der Waals surface area contributed by atoms with Crippen molar-refractivity contribution >= 4 is 17.3 Å². The molecule has 1 heterocycles. The summed E-state index contributed by atoms with van der Waals surface area (Å²) in [5, 5.41) is 4.50. The average molecular weight is 293 g/mol. The van der Waals surface area contributed by atoms with Crippen LogP contribution in [0.2, 0.25) is 5.02 Å². The van der Waals surface area contributed by atoms with Crippen LogP contribution < -0.4 is 10.2 Å². The molecule has 3 heteroatoms. The molecule has 1 N–H and O–H groups in total. The maximum atomic E-state index is 6.53. The molecule has 20 heavy (non-hydrogen) atoms. The fourth-order valence-electron chi connectivity index (χ4n) is 3.58. The number of hydrogen-bond donors (Lipinski definition) is 1. The Morgan fingerprint density at radius 2 is 2.10 bits per heavy atom. The molecule has 2 aliphatic rings. The molecule has 1 aromatic rings. The Morgan fingerprint density at radius 3 is 2.70 bits per heavy atom. The lowest BCUT2D eigenvalue weighted by atomic mass is 10.0. The van der Waals surface area contributed by atoms with Crippen LogP contribution in [0.5, 0.6) is 0 Å². The van der Waals surface area contributed by atoms with Gasteiger partial charge >= 0.3 is 0 Å². The van der Waals surface area contributed by atoms with Gasteiger partial charge in [-0.3, -0.25) is 0 Å². The molecule has 0 amide bonds. The highest BCUT2D eigenvalue weighted by Gasteiger charge is 2.39. The molecule has 110 valence electrons. The highest BCUT2D eigenvalue weighted by atomic mass is 35.5. The van der Waals surface area contributed by atoms with Crippen LogP contribution in [0.1, 0.15) is 45.6 Å². The third kappa shape index (κ3) is 2.82. The van der Waals surface area contributed by atoms with Crippen LogP contribution >= 0.6 is 11.6 Å². The van der Waals surface area contributed by atoms with Crippen molar-refractivity contribution in [3.05, 3.63) is 28.8 Å². The van der Waals surface area contributed by atoms with E-state index < -0.39 is 0 Å². The van der Waals surface area contributed by atoms with Gasteiger partial charge in [0.05, 0.1) is 10.7 Å². The minimum Gasteiger partial charge on any atom is -0.367 e. The highest BCUT2D eigenvalue weighted by Crippen LogP contribution is 2.43. The second kappa shape index (κ2) is 5.23. The molecule has 1 aromatic carbocycles. The van der Waals surface area contributed by atoms with Crippen molar-refractivity contribution in [1.29, 1.82) is 0 Å². The van der Waals surface area contributed by atoms with E-state index in [1.165, 1.54) is 37.1 Å². The topological polar surface area (TPSA) is 15.3 Å². The zero-order chi connectivity index (χ0) is 14.3. The molecule has 0 spiro atoms. The van der Waals surface area contributed by atoms with Gasteiger partial charge in [-0.1, -0.05) is 23.7 Å². The Balaban J connectivity index is 1.85. The number of para-hydroxylation sites is 1. The van der Waals surface area contributed by atoms with Gasteiger partial charge < -0.3 is 10.2 Å². The lowest BCUT2D eigenvalue weighted by Crippen LogP contribution is -2.37. The van der Waals surface area contributed by atoms with Gasteiger partial charge in [0, 0.05) is 24.7 Å². The minimum absolute atomic E-state index is 0.129. The summed E-state index contributed by atoms with van der Waals surface area (Å²) in [4.78, 5) is 2.57. The predicted molar refractivity (Wildman–Crippen MR) is 86.5 cm³/mol. The van der Waals surface area contributed by atoms with Crippen molar-refractivity contribution in [2.45, 2.75) is 58.2 Å². The van der Waals surface area contributed by atoms with E-state index in [9.17, 15) is 0 Å². The number of rotatable bonds is 3. The summed E-state index contributed by atoms with van der Waals surface area (Å²) < 4.78 is 0. The van der Waals surface area contributed by atoms with E-state index in [1.807, 2.05) is 6.07 Å². The second-order valence-electron chi connectivity index (χ2n) is 7.34. The largest absolute Gasteiger partial charge is 0.367 e. The minimum atomic E-state index is 0.129. The predicted octanol–water partition coefficient (Wildman–Crippen LogP) is 4.22. The smallest absolute Gasteiger partial charge is 0.0643 e. The normalized spacial score (nSPS) is 25.5. The lowest BCUT2D eigenvalue weighted by molar-refractivity contribution is 0.424. The Kier molecular flexibility index (Phi) is 3.72. The standard InChI is InChI=1S/C17H25ClN2/c1-17(2,3)19-10-13-5-4-6-15(18)16(13)20-11-12-7-8-14(20)9-12/h4-6,12,14,19H,7-11H2,1-3H3. The summed E-state index contributed by atoms with van der Waals surface area (Å²) in [6, 6.07) is 7.03. The molecule has 2 unspecified atom stereocenters. The van der Waals surface area contributed by atoms with E-state index in [1.54, 1.807) is 0 Å². The molecule has 1 aliphatic carbocycles. The van der Waals surface area contributed by atoms with Crippen LogP contribution in [0.4, 0.5) is 5.69 Å². The molecule has 0 aromatic heterocycles. The summed E-state index contributed by atoms with van der Waals surface area (Å²) in [6.45, 7) is 8.68. The average Bonchev–Trinajstić information content (AvgIpc) is 2.97. The third-order valence-electron chi connectivity index (χ3n) is 4.58. The molecule has 2 nitrogen and oxygen atoms in total. The lowest BCUT2D eigenvalue weighted by Gasteiger charge is -2.32. The molecule has 1 saturated carbocycles. The number of nitrogens with one attached hydrogen (secondary N) is 1. The van der Waals surface area contributed by atoms with Crippen LogP contribution in [-0.2, 0) is 6.54 Å². The monoisotopic (exact) mass is 292 g/mol. The molecule has 2 bridgehead atoms. The first-order valence-corrected chi connectivity index (χ1v) is 8.11. The Labute approximate surface area is 127 Å². The first-order chi connectivity index (χ1) is 9.44. The van der Waals surface area contributed by atoms with E-state index in [0.717, 1.165) is 17.5 Å². The Bertz CT molecular complexity index is 492. The summed E-state index contributed by atoms with van der Waals surface area (Å²) >= 11 is 6.53. The van der Waals surface area contributed by atoms with Crippen molar-refractivity contribution in [3.63, 3.8) is 0 Å². The van der Waals surface area contributed by atoms with Crippen molar-refractivity contribution < 1.29 is 0 Å². The van der Waals surface area contributed by atoms with Crippen LogP contribution in [0.15, 0.2) is 18.2 Å². The molecular weight excluding hydrogens is 268 g/mol. The van der Waals surface area contributed by atoms with E-state index in [-0.39, 0.29) is 5.54 Å². The fraction of sp³-hybridized carbons (Fsp3) is 0.647. The summed E-state index contributed by atoms with van der Waals surface area (Å²) in [6.07, 6.45) is 4.10. The zero-order valence-corrected chi connectivity index (χ0v) is 13.5. The Morgan fingerprint density at radius 1 is 1.30 bits per heavy atom. The quantitative estimate of drug-likeness (QED) is 0.897. The third-order valence-corrected chi connectivity index (χ3v) is 4.88. The van der Waals surface area contributed by atoms with Crippen LogP contribution in [0.25, 0.3) is 0 Å². The highest BCUT2D eigenvalue weighted by molar-refractivity contribution is 6.33. The molecule has 2 atom stereocenters. The maximum absolute atomic E-state index is 6.53. The van der Waals surface area contributed by atoms with Gasteiger partial charge in [-0.05, 0) is 57.6 Å². The summed E-state index contributed by atoms with van der Waals surface area (Å²) in [7, 11) is 0. The summed E-state index contributed by atoms with van der Waals surface area (Å²) in [5.41, 5.74) is 2.74. The van der Waals surface area contributed by atoms with Crippen LogP contribution in [0.3, 0.4) is 0 Å².